The first-order valence-corrected chi connectivity index (χ1v) is 7.18. The number of halogens is 3. The number of anilines is 1. The van der Waals surface area contributed by atoms with Gasteiger partial charge in [0.1, 0.15) is 5.75 Å². The number of ether oxygens (including phenoxy) is 1. The summed E-state index contributed by atoms with van der Waals surface area (Å²) in [6, 6.07) is 4.44. The van der Waals surface area contributed by atoms with E-state index in [1.165, 1.54) is 17.0 Å². The van der Waals surface area contributed by atoms with Gasteiger partial charge in [-0.25, -0.2) is 0 Å². The molecule has 1 rings (SSSR count). The van der Waals surface area contributed by atoms with Crippen LogP contribution >= 0.6 is 0 Å². The Bertz CT molecular complexity index is 574. The highest BCUT2D eigenvalue weighted by Crippen LogP contribution is 2.23. The lowest BCUT2D eigenvalue weighted by molar-refractivity contribution is -0.886. The maximum atomic E-state index is 12.1. The van der Waals surface area contributed by atoms with Crippen LogP contribution < -0.4 is 15.0 Å². The van der Waals surface area contributed by atoms with E-state index < -0.39 is 12.4 Å². The van der Waals surface area contributed by atoms with Crippen LogP contribution in [0.2, 0.25) is 0 Å². The van der Waals surface area contributed by atoms with Crippen LogP contribution in [0.25, 0.3) is 0 Å². The third-order valence-corrected chi connectivity index (χ3v) is 3.36. The lowest BCUT2D eigenvalue weighted by atomic mass is 10.2. The summed E-state index contributed by atoms with van der Waals surface area (Å²) in [7, 11) is 4.99. The summed E-state index contributed by atoms with van der Waals surface area (Å²) in [6.45, 7) is 1.76. The molecule has 2 N–H and O–H groups in total. The normalized spacial score (nSPS) is 13.8. The summed E-state index contributed by atoms with van der Waals surface area (Å²) >= 11 is 0. The number of alkyl halides is 3. The molecule has 0 bridgehead atoms. The molecule has 0 heterocycles. The van der Waals surface area contributed by atoms with Gasteiger partial charge in [0.2, 0.25) is 0 Å². The number of nitrogens with zero attached hydrogens (tertiary/aromatic N) is 1. The van der Waals surface area contributed by atoms with Crippen molar-refractivity contribution in [3.05, 3.63) is 24.3 Å². The number of nitrogens with one attached hydrogen (secondary N) is 2. The lowest BCUT2D eigenvalue weighted by Gasteiger charge is -2.23. The Balaban J connectivity index is 2.57. The van der Waals surface area contributed by atoms with Gasteiger partial charge in [0.05, 0.1) is 7.05 Å². The summed E-state index contributed by atoms with van der Waals surface area (Å²) in [6.07, 6.45) is -4.76. The molecule has 9 heteroatoms. The van der Waals surface area contributed by atoms with Crippen molar-refractivity contribution < 1.29 is 32.4 Å². The predicted octanol–water partition coefficient (Wildman–Crippen LogP) is 0.515. The van der Waals surface area contributed by atoms with Gasteiger partial charge < -0.3 is 19.9 Å². The molecule has 0 aliphatic rings. The van der Waals surface area contributed by atoms with E-state index in [-0.39, 0.29) is 24.1 Å². The zero-order chi connectivity index (χ0) is 18.5. The molecule has 0 saturated carbocycles. The maximum Gasteiger partial charge on any atom is 0.573 e. The van der Waals surface area contributed by atoms with E-state index in [1.807, 2.05) is 0 Å². The number of hydrogen-bond acceptors (Lipinski definition) is 3. The number of quaternary nitrogens is 1. The number of hydrogen-bond donors (Lipinski definition) is 2. The summed E-state index contributed by atoms with van der Waals surface area (Å²) in [5.41, 5.74) is 0.342. The fourth-order valence-corrected chi connectivity index (χ4v) is 1.95. The van der Waals surface area contributed by atoms with E-state index in [9.17, 15) is 22.8 Å². The lowest BCUT2D eigenvalue weighted by Crippen LogP contribution is -3.15. The maximum absolute atomic E-state index is 12.1. The highest BCUT2D eigenvalue weighted by atomic mass is 19.4. The molecule has 0 fully saturated rings. The molecular weight excluding hydrogens is 327 g/mol. The van der Waals surface area contributed by atoms with Crippen molar-refractivity contribution in [3.8, 4) is 5.75 Å². The Labute approximate surface area is 138 Å². The number of likely N-dealkylation sites (N-methyl/N-ethyl adjacent to an activating group) is 2. The number of rotatable bonds is 6. The van der Waals surface area contributed by atoms with Crippen LogP contribution in [0, 0.1) is 0 Å². The van der Waals surface area contributed by atoms with Crippen LogP contribution in [0.4, 0.5) is 18.9 Å². The molecule has 1 aromatic rings. The minimum atomic E-state index is -4.76. The second-order valence-electron chi connectivity index (χ2n) is 5.60. The standard InChI is InChI=1S/C15H20F3N3O3/c1-10(14(23)20(2)3)21(4)9-13(22)19-11-5-7-12(8-6-11)24-15(16,17)18/h5-8,10H,9H2,1-4H3,(H,19,22)/p+1/t10-/m0/s1. The smallest absolute Gasteiger partial charge is 0.406 e. The van der Waals surface area contributed by atoms with Crippen LogP contribution in [-0.4, -0.2) is 56.8 Å². The molecule has 2 atom stereocenters. The molecule has 0 spiro atoms. The Morgan fingerprint density at radius 2 is 1.79 bits per heavy atom. The summed E-state index contributed by atoms with van der Waals surface area (Å²) in [4.78, 5) is 26.0. The minimum absolute atomic E-state index is 0.0432. The monoisotopic (exact) mass is 348 g/mol. The van der Waals surface area contributed by atoms with Crippen molar-refractivity contribution >= 4 is 17.5 Å². The largest absolute Gasteiger partial charge is 0.573 e. The van der Waals surface area contributed by atoms with Gasteiger partial charge in [-0.1, -0.05) is 0 Å². The van der Waals surface area contributed by atoms with Crippen LogP contribution in [0.5, 0.6) is 5.75 Å². The van der Waals surface area contributed by atoms with E-state index in [4.69, 9.17) is 0 Å². The van der Waals surface area contributed by atoms with Crippen LogP contribution in [0.15, 0.2) is 24.3 Å². The first-order valence-electron chi connectivity index (χ1n) is 7.18. The first kappa shape index (κ1) is 19.8. The van der Waals surface area contributed by atoms with Gasteiger partial charge in [0.25, 0.3) is 11.8 Å². The van der Waals surface area contributed by atoms with Gasteiger partial charge >= 0.3 is 6.36 Å². The molecule has 0 aliphatic carbocycles. The second-order valence-corrected chi connectivity index (χ2v) is 5.60. The average Bonchev–Trinajstić information content (AvgIpc) is 2.45. The van der Waals surface area contributed by atoms with Gasteiger partial charge in [-0.2, -0.15) is 0 Å². The Morgan fingerprint density at radius 1 is 1.25 bits per heavy atom. The molecule has 0 aromatic heterocycles. The van der Waals surface area contributed by atoms with E-state index in [2.05, 4.69) is 10.1 Å². The molecule has 2 amide bonds. The molecule has 0 saturated heterocycles. The fraction of sp³-hybridized carbons (Fsp3) is 0.467. The molecule has 134 valence electrons. The summed E-state index contributed by atoms with van der Waals surface area (Å²) in [5.74, 6) is -0.821. The Hall–Kier alpha value is -2.29. The van der Waals surface area contributed by atoms with Gasteiger partial charge in [-0.05, 0) is 31.2 Å². The molecule has 6 nitrogen and oxygen atoms in total. The number of carbonyl (C=O) groups is 2. The SMILES string of the molecule is C[C@@H](C(=O)N(C)C)[NH+](C)CC(=O)Nc1ccc(OC(F)(F)F)cc1. The highest BCUT2D eigenvalue weighted by molar-refractivity contribution is 5.91. The van der Waals surface area contributed by atoms with Gasteiger partial charge in [0.15, 0.2) is 12.6 Å². The van der Waals surface area contributed by atoms with Crippen molar-refractivity contribution in [1.82, 2.24) is 4.90 Å². The van der Waals surface area contributed by atoms with E-state index >= 15 is 0 Å². The topological polar surface area (TPSA) is 63.1 Å². The molecule has 0 radical (unpaired) electrons. The zero-order valence-electron chi connectivity index (χ0n) is 13.9. The molecule has 0 aliphatic heterocycles. The van der Waals surface area contributed by atoms with Crippen LogP contribution in [-0.2, 0) is 9.59 Å². The number of amides is 2. The molecular formula is C15H21F3N3O3+. The van der Waals surface area contributed by atoms with Crippen molar-refractivity contribution in [2.45, 2.75) is 19.3 Å². The molecule has 1 unspecified atom stereocenters. The average molecular weight is 348 g/mol. The van der Waals surface area contributed by atoms with Crippen molar-refractivity contribution in [2.24, 2.45) is 0 Å². The third-order valence-electron chi connectivity index (χ3n) is 3.36. The van der Waals surface area contributed by atoms with Crippen LogP contribution in [0.1, 0.15) is 6.92 Å². The molecule has 24 heavy (non-hydrogen) atoms. The second kappa shape index (κ2) is 8.00. The summed E-state index contributed by atoms with van der Waals surface area (Å²) in [5, 5.41) is 2.56. The quantitative estimate of drug-likeness (QED) is 0.788. The van der Waals surface area contributed by atoms with Gasteiger partial charge in [-0.3, -0.25) is 9.59 Å². The van der Waals surface area contributed by atoms with Crippen molar-refractivity contribution in [1.29, 1.82) is 0 Å². The highest BCUT2D eigenvalue weighted by Gasteiger charge is 2.31. The number of carbonyl (C=O) groups excluding carboxylic acids is 2. The molecule has 1 aromatic carbocycles. The third kappa shape index (κ3) is 6.45. The predicted molar refractivity (Wildman–Crippen MR) is 81.7 cm³/mol. The Kier molecular flexibility index (Phi) is 6.59. The van der Waals surface area contributed by atoms with E-state index in [0.29, 0.717) is 10.6 Å². The van der Waals surface area contributed by atoms with E-state index in [0.717, 1.165) is 12.1 Å². The minimum Gasteiger partial charge on any atom is -0.406 e. The fourth-order valence-electron chi connectivity index (χ4n) is 1.95. The summed E-state index contributed by atoms with van der Waals surface area (Å²) < 4.78 is 39.9. The first-order chi connectivity index (χ1) is 11.0. The number of benzene rings is 1. The van der Waals surface area contributed by atoms with Gasteiger partial charge in [0, 0.05) is 19.8 Å². The van der Waals surface area contributed by atoms with E-state index in [1.54, 1.807) is 28.1 Å². The Morgan fingerprint density at radius 3 is 2.25 bits per heavy atom. The van der Waals surface area contributed by atoms with Gasteiger partial charge in [-0.15, -0.1) is 13.2 Å². The van der Waals surface area contributed by atoms with Crippen LogP contribution in [0.3, 0.4) is 0 Å². The van der Waals surface area contributed by atoms with Crippen molar-refractivity contribution in [2.75, 3.05) is 33.0 Å². The zero-order valence-corrected chi connectivity index (χ0v) is 13.9. The van der Waals surface area contributed by atoms with Crippen molar-refractivity contribution in [3.63, 3.8) is 0 Å².